The lowest BCUT2D eigenvalue weighted by molar-refractivity contribution is -0.130. The van der Waals surface area contributed by atoms with E-state index in [1.807, 2.05) is 43.3 Å². The van der Waals surface area contributed by atoms with E-state index in [2.05, 4.69) is 11.6 Å². The molecule has 1 heterocycles. The Morgan fingerprint density at radius 1 is 1.23 bits per heavy atom. The third-order valence-electron chi connectivity index (χ3n) is 3.21. The van der Waals surface area contributed by atoms with Crippen molar-refractivity contribution in [1.29, 1.82) is 0 Å². The Morgan fingerprint density at radius 3 is 2.73 bits per heavy atom. The van der Waals surface area contributed by atoms with E-state index >= 15 is 0 Å². The minimum absolute atomic E-state index is 0.371. The molecule has 0 aliphatic heterocycles. The Morgan fingerprint density at radius 2 is 2.00 bits per heavy atom. The molecule has 0 amide bonds. The molecule has 0 saturated carbocycles. The molecule has 4 heteroatoms. The number of carbonyl (C=O) groups is 1. The number of hydrogen-bond acceptors (Lipinski definition) is 4. The summed E-state index contributed by atoms with van der Waals surface area (Å²) in [5.41, 5.74) is 3.23. The summed E-state index contributed by atoms with van der Waals surface area (Å²) in [6, 6.07) is 13.7. The lowest BCUT2D eigenvalue weighted by Gasteiger charge is -2.09. The fraction of sp³-hybridized carbons (Fsp3) is 0.111. The van der Waals surface area contributed by atoms with Crippen LogP contribution in [0.3, 0.4) is 0 Å². The molecular weight excluding hydrogens is 294 g/mol. The number of hydrogen-bond donors (Lipinski definition) is 0. The van der Waals surface area contributed by atoms with Gasteiger partial charge in [0.25, 0.3) is 0 Å². The Kier molecular flexibility index (Phi) is 3.77. The van der Waals surface area contributed by atoms with Gasteiger partial charge in [0.15, 0.2) is 0 Å². The maximum absolute atomic E-state index is 11.8. The molecule has 3 rings (SSSR count). The number of para-hydroxylation sites is 1. The molecule has 0 radical (unpaired) electrons. The summed E-state index contributed by atoms with van der Waals surface area (Å²) in [6.45, 7) is 7.25. The average molecular weight is 309 g/mol. The number of esters is 1. The third kappa shape index (κ3) is 2.78. The Labute approximate surface area is 132 Å². The summed E-state index contributed by atoms with van der Waals surface area (Å²) >= 11 is 1.58. The zero-order valence-electron chi connectivity index (χ0n) is 12.4. The van der Waals surface area contributed by atoms with Crippen molar-refractivity contribution in [2.24, 2.45) is 0 Å². The Hall–Kier alpha value is -2.46. The summed E-state index contributed by atoms with van der Waals surface area (Å²) in [5.74, 6) is 0.0869. The summed E-state index contributed by atoms with van der Waals surface area (Å²) < 4.78 is 6.55. The molecule has 1 aromatic heterocycles. The number of fused-ring (bicyclic) bond motifs is 1. The third-order valence-corrected chi connectivity index (χ3v) is 4.28. The molecule has 0 aliphatic rings. The first kappa shape index (κ1) is 14.5. The molecule has 0 bridgehead atoms. The molecule has 0 saturated heterocycles. The molecule has 3 nitrogen and oxygen atoms in total. The van der Waals surface area contributed by atoms with Gasteiger partial charge in [0, 0.05) is 5.57 Å². The number of thiazole rings is 1. The van der Waals surface area contributed by atoms with E-state index in [4.69, 9.17) is 4.74 Å². The van der Waals surface area contributed by atoms with Crippen molar-refractivity contribution in [2.75, 3.05) is 0 Å². The van der Waals surface area contributed by atoms with Crippen LogP contribution in [0.4, 0.5) is 0 Å². The van der Waals surface area contributed by atoms with Crippen LogP contribution in [0.5, 0.6) is 5.75 Å². The fourth-order valence-corrected chi connectivity index (χ4v) is 3.06. The fourth-order valence-electron chi connectivity index (χ4n) is 2.07. The van der Waals surface area contributed by atoms with Crippen molar-refractivity contribution in [2.45, 2.75) is 13.8 Å². The van der Waals surface area contributed by atoms with Gasteiger partial charge in [0.05, 0.1) is 15.8 Å². The van der Waals surface area contributed by atoms with Crippen molar-refractivity contribution >= 4 is 27.5 Å². The van der Waals surface area contributed by atoms with Gasteiger partial charge in [-0.2, -0.15) is 0 Å². The number of aromatic nitrogens is 1. The molecule has 3 aromatic rings. The van der Waals surface area contributed by atoms with Crippen LogP contribution >= 0.6 is 11.3 Å². The van der Waals surface area contributed by atoms with Crippen LogP contribution < -0.4 is 4.74 Å². The standard InChI is InChI=1S/C18H15NO2S/c1-11(2)18(20)21-15-9-8-12(3)10-13(15)17-19-14-6-4-5-7-16(14)22-17/h4-10H,1H2,2-3H3. The lowest BCUT2D eigenvalue weighted by Crippen LogP contribution is -2.09. The van der Waals surface area contributed by atoms with Crippen LogP contribution in [0.1, 0.15) is 12.5 Å². The van der Waals surface area contributed by atoms with Crippen LogP contribution in [0.25, 0.3) is 20.8 Å². The Bertz CT molecular complexity index is 847. The minimum Gasteiger partial charge on any atom is -0.422 e. The first-order valence-corrected chi connectivity index (χ1v) is 7.70. The topological polar surface area (TPSA) is 39.2 Å². The van der Waals surface area contributed by atoms with Gasteiger partial charge in [-0.05, 0) is 38.1 Å². The molecule has 0 fully saturated rings. The van der Waals surface area contributed by atoms with Gasteiger partial charge < -0.3 is 4.74 Å². The molecule has 2 aromatic carbocycles. The highest BCUT2D eigenvalue weighted by atomic mass is 32.1. The highest BCUT2D eigenvalue weighted by Crippen LogP contribution is 2.36. The summed E-state index contributed by atoms with van der Waals surface area (Å²) in [5, 5.41) is 0.842. The SMILES string of the molecule is C=C(C)C(=O)Oc1ccc(C)cc1-c1nc2ccccc2s1. The largest absolute Gasteiger partial charge is 0.422 e. The van der Waals surface area contributed by atoms with Gasteiger partial charge in [0.2, 0.25) is 0 Å². The van der Waals surface area contributed by atoms with Gasteiger partial charge in [-0.25, -0.2) is 9.78 Å². The highest BCUT2D eigenvalue weighted by molar-refractivity contribution is 7.21. The average Bonchev–Trinajstić information content (AvgIpc) is 2.92. The van der Waals surface area contributed by atoms with E-state index in [1.54, 1.807) is 24.3 Å². The normalized spacial score (nSPS) is 10.6. The first-order chi connectivity index (χ1) is 10.5. The molecule has 22 heavy (non-hydrogen) atoms. The van der Waals surface area contributed by atoms with Gasteiger partial charge >= 0.3 is 5.97 Å². The molecule has 0 unspecified atom stereocenters. The van der Waals surface area contributed by atoms with Crippen LogP contribution in [-0.4, -0.2) is 11.0 Å². The number of rotatable bonds is 3. The van der Waals surface area contributed by atoms with Gasteiger partial charge in [0.1, 0.15) is 10.8 Å². The van der Waals surface area contributed by atoms with Crippen molar-refractivity contribution in [3.63, 3.8) is 0 Å². The first-order valence-electron chi connectivity index (χ1n) is 6.89. The van der Waals surface area contributed by atoms with Crippen molar-refractivity contribution in [3.8, 4) is 16.3 Å². The number of ether oxygens (including phenoxy) is 1. The van der Waals surface area contributed by atoms with E-state index in [-0.39, 0.29) is 0 Å². The minimum atomic E-state index is -0.425. The number of nitrogens with zero attached hydrogens (tertiary/aromatic N) is 1. The zero-order chi connectivity index (χ0) is 15.7. The molecule has 0 aliphatic carbocycles. The predicted octanol–water partition coefficient (Wildman–Crippen LogP) is 4.75. The smallest absolute Gasteiger partial charge is 0.338 e. The number of benzene rings is 2. The molecular formula is C18H15NO2S. The summed E-state index contributed by atoms with van der Waals surface area (Å²) in [7, 11) is 0. The van der Waals surface area contributed by atoms with Gasteiger partial charge in [-0.15, -0.1) is 11.3 Å². The molecule has 0 spiro atoms. The second kappa shape index (κ2) is 5.73. The maximum Gasteiger partial charge on any atom is 0.338 e. The summed E-state index contributed by atoms with van der Waals surface area (Å²) in [6.07, 6.45) is 0. The molecule has 0 N–H and O–H groups in total. The van der Waals surface area contributed by atoms with Crippen molar-refractivity contribution in [1.82, 2.24) is 4.98 Å². The van der Waals surface area contributed by atoms with E-state index in [0.29, 0.717) is 11.3 Å². The van der Waals surface area contributed by atoms with Crippen LogP contribution in [0.15, 0.2) is 54.6 Å². The summed E-state index contributed by atoms with van der Waals surface area (Å²) in [4.78, 5) is 16.5. The van der Waals surface area contributed by atoms with Crippen molar-refractivity contribution < 1.29 is 9.53 Å². The van der Waals surface area contributed by atoms with E-state index in [0.717, 1.165) is 26.4 Å². The van der Waals surface area contributed by atoms with E-state index < -0.39 is 5.97 Å². The zero-order valence-corrected chi connectivity index (χ0v) is 13.2. The van der Waals surface area contributed by atoms with E-state index in [9.17, 15) is 4.79 Å². The number of carbonyl (C=O) groups excluding carboxylic acids is 1. The monoisotopic (exact) mass is 309 g/mol. The van der Waals surface area contributed by atoms with Gasteiger partial charge in [-0.3, -0.25) is 0 Å². The molecule has 110 valence electrons. The maximum atomic E-state index is 11.8. The van der Waals surface area contributed by atoms with Crippen LogP contribution in [-0.2, 0) is 4.79 Å². The predicted molar refractivity (Wildman–Crippen MR) is 90.2 cm³/mol. The highest BCUT2D eigenvalue weighted by Gasteiger charge is 2.15. The quantitative estimate of drug-likeness (QED) is 0.398. The Balaban J connectivity index is 2.10. The van der Waals surface area contributed by atoms with E-state index in [1.165, 1.54) is 0 Å². The second-order valence-corrected chi connectivity index (χ2v) is 6.19. The lowest BCUT2D eigenvalue weighted by atomic mass is 10.1. The van der Waals surface area contributed by atoms with Gasteiger partial charge in [-0.1, -0.05) is 30.3 Å². The second-order valence-electron chi connectivity index (χ2n) is 5.16. The number of aryl methyl sites for hydroxylation is 1. The van der Waals surface area contributed by atoms with Crippen LogP contribution in [0, 0.1) is 6.92 Å². The molecule has 0 atom stereocenters. The van der Waals surface area contributed by atoms with Crippen molar-refractivity contribution in [3.05, 3.63) is 60.2 Å². The van der Waals surface area contributed by atoms with Crippen LogP contribution in [0.2, 0.25) is 0 Å².